The molecule has 1 rings (SSSR count). The van der Waals surface area contributed by atoms with Crippen LogP contribution in [0.2, 0.25) is 0 Å². The molecule has 1 saturated heterocycles. The molecule has 2 unspecified atom stereocenters. The van der Waals surface area contributed by atoms with Crippen LogP contribution in [0.5, 0.6) is 0 Å². The Morgan fingerprint density at radius 3 is 2.53 bits per heavy atom. The van der Waals surface area contributed by atoms with Gasteiger partial charge in [0.15, 0.2) is 9.84 Å². The number of sulfone groups is 1. The van der Waals surface area contributed by atoms with Crippen LogP contribution in [0.3, 0.4) is 0 Å². The number of hydrogen-bond donors (Lipinski definition) is 1. The highest BCUT2D eigenvalue weighted by molar-refractivity contribution is 7.91. The SMILES string of the molecule is CCC(C)NC(=O)N(CC)C1CCS(=O)(=O)C1. The summed E-state index contributed by atoms with van der Waals surface area (Å²) in [4.78, 5) is 13.6. The van der Waals surface area contributed by atoms with Gasteiger partial charge < -0.3 is 10.2 Å². The van der Waals surface area contributed by atoms with Crippen molar-refractivity contribution in [1.29, 1.82) is 0 Å². The summed E-state index contributed by atoms with van der Waals surface area (Å²) in [5.74, 6) is 0.305. The topological polar surface area (TPSA) is 66.5 Å². The van der Waals surface area contributed by atoms with E-state index in [4.69, 9.17) is 0 Å². The predicted octanol–water partition coefficient (Wildman–Crippen LogP) is 1.00. The molecule has 0 bridgehead atoms. The molecule has 17 heavy (non-hydrogen) atoms. The van der Waals surface area contributed by atoms with Gasteiger partial charge >= 0.3 is 6.03 Å². The van der Waals surface area contributed by atoms with Crippen LogP contribution in [0, 0.1) is 0 Å². The standard InChI is InChI=1S/C11H22N2O3S/c1-4-9(3)12-11(14)13(5-2)10-6-7-17(15,16)8-10/h9-10H,4-8H2,1-3H3,(H,12,14). The largest absolute Gasteiger partial charge is 0.336 e. The molecular weight excluding hydrogens is 240 g/mol. The van der Waals surface area contributed by atoms with E-state index >= 15 is 0 Å². The fraction of sp³-hybridized carbons (Fsp3) is 0.909. The second-order valence-electron chi connectivity index (χ2n) is 4.60. The molecule has 0 radical (unpaired) electrons. The number of hydrogen-bond acceptors (Lipinski definition) is 3. The van der Waals surface area contributed by atoms with Gasteiger partial charge in [0.25, 0.3) is 0 Å². The summed E-state index contributed by atoms with van der Waals surface area (Å²) in [5, 5.41) is 2.88. The molecule has 0 spiro atoms. The second kappa shape index (κ2) is 5.71. The van der Waals surface area contributed by atoms with Crippen molar-refractivity contribution >= 4 is 15.9 Å². The van der Waals surface area contributed by atoms with Crippen LogP contribution in [-0.4, -0.2) is 49.5 Å². The van der Waals surface area contributed by atoms with Crippen LogP contribution in [0.25, 0.3) is 0 Å². The van der Waals surface area contributed by atoms with Crippen molar-refractivity contribution in [2.45, 2.75) is 45.7 Å². The van der Waals surface area contributed by atoms with Crippen molar-refractivity contribution in [1.82, 2.24) is 10.2 Å². The van der Waals surface area contributed by atoms with E-state index in [1.807, 2.05) is 20.8 Å². The minimum Gasteiger partial charge on any atom is -0.336 e. The molecule has 5 nitrogen and oxygen atoms in total. The number of nitrogens with one attached hydrogen (secondary N) is 1. The molecule has 1 fully saturated rings. The Morgan fingerprint density at radius 1 is 1.47 bits per heavy atom. The highest BCUT2D eigenvalue weighted by atomic mass is 32.2. The predicted molar refractivity (Wildman–Crippen MR) is 67.7 cm³/mol. The van der Waals surface area contributed by atoms with E-state index in [0.29, 0.717) is 13.0 Å². The zero-order valence-electron chi connectivity index (χ0n) is 10.8. The van der Waals surface area contributed by atoms with Crippen LogP contribution in [0.15, 0.2) is 0 Å². The monoisotopic (exact) mass is 262 g/mol. The Balaban J connectivity index is 2.63. The highest BCUT2D eigenvalue weighted by Gasteiger charge is 2.34. The van der Waals surface area contributed by atoms with E-state index in [1.165, 1.54) is 0 Å². The molecule has 0 aromatic carbocycles. The van der Waals surface area contributed by atoms with Gasteiger partial charge in [-0.15, -0.1) is 0 Å². The first-order valence-corrected chi connectivity index (χ1v) is 7.99. The third-order valence-electron chi connectivity index (χ3n) is 3.23. The lowest BCUT2D eigenvalue weighted by Gasteiger charge is -2.28. The molecule has 0 aromatic rings. The third kappa shape index (κ3) is 3.87. The maximum atomic E-state index is 12.0. The van der Waals surface area contributed by atoms with Gasteiger partial charge in [0.05, 0.1) is 11.5 Å². The zero-order chi connectivity index (χ0) is 13.1. The summed E-state index contributed by atoms with van der Waals surface area (Å²) in [5.41, 5.74) is 0. The number of rotatable bonds is 4. The Hall–Kier alpha value is -0.780. The van der Waals surface area contributed by atoms with Crippen LogP contribution in [-0.2, 0) is 9.84 Å². The normalized spacial score (nSPS) is 24.3. The summed E-state index contributed by atoms with van der Waals surface area (Å²) >= 11 is 0. The number of carbonyl (C=O) groups is 1. The lowest BCUT2D eigenvalue weighted by atomic mass is 10.2. The lowest BCUT2D eigenvalue weighted by Crippen LogP contribution is -2.48. The van der Waals surface area contributed by atoms with Gasteiger partial charge in [-0.05, 0) is 26.7 Å². The average Bonchev–Trinajstić information content (AvgIpc) is 2.59. The summed E-state index contributed by atoms with van der Waals surface area (Å²) < 4.78 is 22.8. The minimum atomic E-state index is -2.94. The van der Waals surface area contributed by atoms with Gasteiger partial charge in [0.1, 0.15) is 0 Å². The van der Waals surface area contributed by atoms with Crippen LogP contribution >= 0.6 is 0 Å². The summed E-state index contributed by atoms with van der Waals surface area (Å²) in [7, 11) is -2.94. The molecule has 6 heteroatoms. The Bertz CT molecular complexity index is 367. The maximum Gasteiger partial charge on any atom is 0.317 e. The van der Waals surface area contributed by atoms with Crippen LogP contribution < -0.4 is 5.32 Å². The molecule has 2 amide bonds. The first-order chi connectivity index (χ1) is 7.89. The minimum absolute atomic E-state index is 0.106. The van der Waals surface area contributed by atoms with E-state index in [2.05, 4.69) is 5.32 Å². The van der Waals surface area contributed by atoms with Gasteiger partial charge in [-0.3, -0.25) is 0 Å². The van der Waals surface area contributed by atoms with E-state index in [0.717, 1.165) is 6.42 Å². The Morgan fingerprint density at radius 2 is 2.12 bits per heavy atom. The Labute approximate surface area is 103 Å². The van der Waals surface area contributed by atoms with Gasteiger partial charge in [-0.2, -0.15) is 0 Å². The second-order valence-corrected chi connectivity index (χ2v) is 6.83. The fourth-order valence-corrected chi connectivity index (χ4v) is 3.72. The molecule has 100 valence electrons. The molecule has 1 aliphatic rings. The zero-order valence-corrected chi connectivity index (χ0v) is 11.6. The summed E-state index contributed by atoms with van der Waals surface area (Å²) in [6, 6.07) is -0.187. The average molecular weight is 262 g/mol. The maximum absolute atomic E-state index is 12.0. The third-order valence-corrected chi connectivity index (χ3v) is 4.98. The van der Waals surface area contributed by atoms with Gasteiger partial charge in [0.2, 0.25) is 0 Å². The van der Waals surface area contributed by atoms with Crippen molar-refractivity contribution < 1.29 is 13.2 Å². The van der Waals surface area contributed by atoms with Gasteiger partial charge in [-0.25, -0.2) is 13.2 Å². The number of amides is 2. The molecular formula is C11H22N2O3S. The van der Waals surface area contributed by atoms with E-state index in [9.17, 15) is 13.2 Å². The number of urea groups is 1. The summed E-state index contributed by atoms with van der Waals surface area (Å²) in [6.45, 7) is 6.36. The van der Waals surface area contributed by atoms with Crippen LogP contribution in [0.1, 0.15) is 33.6 Å². The van der Waals surface area contributed by atoms with Crippen molar-refractivity contribution in [3.8, 4) is 0 Å². The van der Waals surface area contributed by atoms with Crippen molar-refractivity contribution in [2.75, 3.05) is 18.1 Å². The molecule has 1 heterocycles. The van der Waals surface area contributed by atoms with Gasteiger partial charge in [-0.1, -0.05) is 6.92 Å². The van der Waals surface area contributed by atoms with Gasteiger partial charge in [0, 0.05) is 18.6 Å². The van der Waals surface area contributed by atoms with E-state index < -0.39 is 9.84 Å². The molecule has 1 N–H and O–H groups in total. The first kappa shape index (κ1) is 14.3. The Kier molecular flexibility index (Phi) is 4.80. The smallest absolute Gasteiger partial charge is 0.317 e. The van der Waals surface area contributed by atoms with Crippen LogP contribution in [0.4, 0.5) is 4.79 Å². The lowest BCUT2D eigenvalue weighted by molar-refractivity contribution is 0.180. The molecule has 0 aromatic heterocycles. The molecule has 0 aliphatic carbocycles. The van der Waals surface area contributed by atoms with Crippen molar-refractivity contribution in [3.05, 3.63) is 0 Å². The molecule has 1 aliphatic heterocycles. The number of nitrogens with zero attached hydrogens (tertiary/aromatic N) is 1. The van der Waals surface area contributed by atoms with Crippen molar-refractivity contribution in [2.24, 2.45) is 0 Å². The first-order valence-electron chi connectivity index (χ1n) is 6.17. The van der Waals surface area contributed by atoms with E-state index in [1.54, 1.807) is 4.90 Å². The quantitative estimate of drug-likeness (QED) is 0.822. The number of carbonyl (C=O) groups excluding carboxylic acids is 1. The fourth-order valence-electron chi connectivity index (χ4n) is 1.98. The molecule has 0 saturated carbocycles. The van der Waals surface area contributed by atoms with Crippen molar-refractivity contribution in [3.63, 3.8) is 0 Å². The summed E-state index contributed by atoms with van der Waals surface area (Å²) in [6.07, 6.45) is 1.43. The highest BCUT2D eigenvalue weighted by Crippen LogP contribution is 2.17. The molecule has 2 atom stereocenters. The van der Waals surface area contributed by atoms with E-state index in [-0.39, 0.29) is 29.6 Å².